The highest BCUT2D eigenvalue weighted by atomic mass is 16.1. The molecule has 1 aliphatic carbocycles. The summed E-state index contributed by atoms with van der Waals surface area (Å²) in [5.41, 5.74) is 1.32. The van der Waals surface area contributed by atoms with E-state index in [0.29, 0.717) is 5.41 Å². The Morgan fingerprint density at radius 2 is 2.07 bits per heavy atom. The summed E-state index contributed by atoms with van der Waals surface area (Å²) in [6.45, 7) is 8.95. The van der Waals surface area contributed by atoms with Crippen molar-refractivity contribution in [3.05, 3.63) is 11.6 Å². The van der Waals surface area contributed by atoms with Crippen LogP contribution in [0.3, 0.4) is 0 Å². The molecule has 0 aromatic carbocycles. The number of carbonyl (C=O) groups is 1. The van der Waals surface area contributed by atoms with Gasteiger partial charge in [-0.05, 0) is 49.0 Å². The highest BCUT2D eigenvalue weighted by Gasteiger charge is 2.39. The summed E-state index contributed by atoms with van der Waals surface area (Å²) in [5.74, 6) is 1.57. The molecule has 0 aromatic rings. The minimum atomic E-state index is 0.444. The smallest absolute Gasteiger partial charge is 0.145 e. The van der Waals surface area contributed by atoms with Crippen LogP contribution in [0, 0.1) is 17.3 Å². The summed E-state index contributed by atoms with van der Waals surface area (Å²) in [5, 5.41) is 0. The van der Waals surface area contributed by atoms with Crippen molar-refractivity contribution in [3.8, 4) is 0 Å². The van der Waals surface area contributed by atoms with Gasteiger partial charge in [0.15, 0.2) is 0 Å². The van der Waals surface area contributed by atoms with Crippen molar-refractivity contribution in [2.45, 2.75) is 47.0 Å². The van der Waals surface area contributed by atoms with Gasteiger partial charge in [0, 0.05) is 0 Å². The second-order valence-corrected chi connectivity index (χ2v) is 5.30. The molecule has 1 fully saturated rings. The number of carbonyl (C=O) groups excluding carboxylic acids is 1. The molecule has 14 heavy (non-hydrogen) atoms. The van der Waals surface area contributed by atoms with Gasteiger partial charge < -0.3 is 0 Å². The van der Waals surface area contributed by atoms with E-state index in [9.17, 15) is 4.79 Å². The van der Waals surface area contributed by atoms with Gasteiger partial charge >= 0.3 is 0 Å². The Labute approximate surface area is 87.6 Å². The quantitative estimate of drug-likeness (QED) is 0.495. The summed E-state index contributed by atoms with van der Waals surface area (Å²) in [4.78, 5) is 10.5. The largest absolute Gasteiger partial charge is 0.298 e. The van der Waals surface area contributed by atoms with Gasteiger partial charge in [-0.3, -0.25) is 4.79 Å². The lowest BCUT2D eigenvalue weighted by atomic mass is 9.75. The summed E-state index contributed by atoms with van der Waals surface area (Å²) < 4.78 is 0. The van der Waals surface area contributed by atoms with Crippen LogP contribution in [0.2, 0.25) is 0 Å². The van der Waals surface area contributed by atoms with Gasteiger partial charge in [-0.15, -0.1) is 0 Å². The topological polar surface area (TPSA) is 17.1 Å². The molecular weight excluding hydrogens is 172 g/mol. The molecule has 80 valence electrons. The molecular formula is C13H22O. The van der Waals surface area contributed by atoms with E-state index in [1.54, 1.807) is 0 Å². The first-order chi connectivity index (χ1) is 6.48. The van der Waals surface area contributed by atoms with Gasteiger partial charge in [0.1, 0.15) is 6.29 Å². The number of aldehydes is 1. The fourth-order valence-corrected chi connectivity index (χ4v) is 2.40. The van der Waals surface area contributed by atoms with Crippen LogP contribution in [0.1, 0.15) is 47.0 Å². The average Bonchev–Trinajstić information content (AvgIpc) is 2.39. The minimum Gasteiger partial charge on any atom is -0.298 e. The Morgan fingerprint density at radius 3 is 2.50 bits per heavy atom. The van der Waals surface area contributed by atoms with Gasteiger partial charge in [-0.25, -0.2) is 0 Å². The summed E-state index contributed by atoms with van der Waals surface area (Å²) >= 11 is 0. The molecule has 0 amide bonds. The van der Waals surface area contributed by atoms with Crippen LogP contribution >= 0.6 is 0 Å². The molecule has 1 nitrogen and oxygen atoms in total. The van der Waals surface area contributed by atoms with Crippen LogP contribution in [-0.2, 0) is 4.79 Å². The number of allylic oxidation sites excluding steroid dienone is 2. The fourth-order valence-electron chi connectivity index (χ4n) is 2.40. The second kappa shape index (κ2) is 4.29. The summed E-state index contributed by atoms with van der Waals surface area (Å²) in [6, 6.07) is 0. The van der Waals surface area contributed by atoms with Crippen molar-refractivity contribution in [2.75, 3.05) is 0 Å². The van der Waals surface area contributed by atoms with Crippen molar-refractivity contribution in [1.82, 2.24) is 0 Å². The lowest BCUT2D eigenvalue weighted by molar-refractivity contribution is -0.104. The molecule has 0 saturated heterocycles. The highest BCUT2D eigenvalue weighted by molar-refractivity contribution is 5.71. The Balaban J connectivity index is 2.59. The van der Waals surface area contributed by atoms with Gasteiger partial charge in [0.25, 0.3) is 0 Å². The SMILES string of the molecule is CC(C=O)=CCC1CCC(C)C1(C)C. The predicted molar refractivity (Wildman–Crippen MR) is 60.1 cm³/mol. The van der Waals surface area contributed by atoms with E-state index in [1.165, 1.54) is 12.8 Å². The molecule has 1 heteroatoms. The van der Waals surface area contributed by atoms with E-state index in [1.807, 2.05) is 6.92 Å². The van der Waals surface area contributed by atoms with E-state index in [2.05, 4.69) is 26.8 Å². The maximum Gasteiger partial charge on any atom is 0.145 e. The number of rotatable bonds is 3. The molecule has 1 aliphatic rings. The zero-order chi connectivity index (χ0) is 10.8. The maximum absolute atomic E-state index is 10.5. The first-order valence-electron chi connectivity index (χ1n) is 5.60. The molecule has 0 N–H and O–H groups in total. The Hall–Kier alpha value is -0.590. The van der Waals surface area contributed by atoms with Gasteiger partial charge in [-0.2, -0.15) is 0 Å². The summed E-state index contributed by atoms with van der Waals surface area (Å²) in [6.07, 6.45) is 6.77. The number of hydrogen-bond donors (Lipinski definition) is 0. The zero-order valence-corrected chi connectivity index (χ0v) is 9.84. The van der Waals surface area contributed by atoms with E-state index in [-0.39, 0.29) is 0 Å². The van der Waals surface area contributed by atoms with Gasteiger partial charge in [0.2, 0.25) is 0 Å². The fraction of sp³-hybridized carbons (Fsp3) is 0.769. The second-order valence-electron chi connectivity index (χ2n) is 5.30. The van der Waals surface area contributed by atoms with Crippen molar-refractivity contribution in [1.29, 1.82) is 0 Å². The lowest BCUT2D eigenvalue weighted by Crippen LogP contribution is -2.22. The molecule has 0 heterocycles. The zero-order valence-electron chi connectivity index (χ0n) is 9.84. The first-order valence-corrected chi connectivity index (χ1v) is 5.60. The van der Waals surface area contributed by atoms with Crippen molar-refractivity contribution < 1.29 is 4.79 Å². The van der Waals surface area contributed by atoms with Crippen LogP contribution in [0.25, 0.3) is 0 Å². The van der Waals surface area contributed by atoms with Crippen LogP contribution in [0.5, 0.6) is 0 Å². The molecule has 0 bridgehead atoms. The van der Waals surface area contributed by atoms with Crippen LogP contribution in [0.4, 0.5) is 0 Å². The third-order valence-corrected chi connectivity index (χ3v) is 4.18. The average molecular weight is 194 g/mol. The van der Waals surface area contributed by atoms with E-state index < -0.39 is 0 Å². The van der Waals surface area contributed by atoms with Crippen molar-refractivity contribution in [3.63, 3.8) is 0 Å². The predicted octanol–water partition coefficient (Wildman–Crippen LogP) is 3.59. The van der Waals surface area contributed by atoms with Gasteiger partial charge in [-0.1, -0.05) is 26.8 Å². The van der Waals surface area contributed by atoms with E-state index in [4.69, 9.17) is 0 Å². The van der Waals surface area contributed by atoms with Gasteiger partial charge in [0.05, 0.1) is 0 Å². The molecule has 0 radical (unpaired) electrons. The monoisotopic (exact) mass is 194 g/mol. The van der Waals surface area contributed by atoms with E-state index in [0.717, 1.165) is 30.1 Å². The molecule has 0 aromatic heterocycles. The highest BCUT2D eigenvalue weighted by Crippen LogP contribution is 2.48. The normalized spacial score (nSPS) is 31.9. The Bertz CT molecular complexity index is 238. The molecule has 0 spiro atoms. The Morgan fingerprint density at radius 1 is 1.43 bits per heavy atom. The molecule has 1 saturated carbocycles. The van der Waals surface area contributed by atoms with Crippen LogP contribution < -0.4 is 0 Å². The van der Waals surface area contributed by atoms with Crippen molar-refractivity contribution >= 4 is 6.29 Å². The third kappa shape index (κ3) is 2.26. The van der Waals surface area contributed by atoms with Crippen molar-refractivity contribution in [2.24, 2.45) is 17.3 Å². The third-order valence-electron chi connectivity index (χ3n) is 4.18. The first kappa shape index (κ1) is 11.5. The minimum absolute atomic E-state index is 0.444. The molecule has 2 unspecified atom stereocenters. The molecule has 0 aliphatic heterocycles. The van der Waals surface area contributed by atoms with E-state index >= 15 is 0 Å². The van der Waals surface area contributed by atoms with Crippen LogP contribution in [0.15, 0.2) is 11.6 Å². The maximum atomic E-state index is 10.5. The summed E-state index contributed by atoms with van der Waals surface area (Å²) in [7, 11) is 0. The molecule has 1 rings (SSSR count). The number of hydrogen-bond acceptors (Lipinski definition) is 1. The molecule has 2 atom stereocenters. The Kier molecular flexibility index (Phi) is 3.52. The standard InChI is InChI=1S/C13H22O/c1-10(9-14)5-7-12-8-6-11(2)13(12,3)4/h5,9,11-12H,6-8H2,1-4H3. The van der Waals surface area contributed by atoms with Crippen LogP contribution in [-0.4, -0.2) is 6.29 Å². The lowest BCUT2D eigenvalue weighted by Gasteiger charge is -2.30.